The van der Waals surface area contributed by atoms with Crippen molar-refractivity contribution in [1.29, 1.82) is 0 Å². The molecule has 1 unspecified atom stereocenters. The number of fused-ring (bicyclic) bond motifs is 1. The van der Waals surface area contributed by atoms with E-state index in [1.54, 1.807) is 14.2 Å². The molecule has 6 heteroatoms. The molecule has 0 aliphatic carbocycles. The van der Waals surface area contributed by atoms with E-state index < -0.39 is 0 Å². The van der Waals surface area contributed by atoms with Crippen LogP contribution in [0.2, 0.25) is 0 Å². The Labute approximate surface area is 157 Å². The monoisotopic (exact) mass is 369 g/mol. The van der Waals surface area contributed by atoms with Gasteiger partial charge in [-0.05, 0) is 42.8 Å². The van der Waals surface area contributed by atoms with Crippen molar-refractivity contribution < 1.29 is 9.53 Å². The minimum Gasteiger partial charge on any atom is -0.497 e. The zero-order chi connectivity index (χ0) is 18.5. The molecule has 0 spiro atoms. The Balaban J connectivity index is 2.07. The molecule has 1 N–H and O–H groups in total. The second kappa shape index (κ2) is 8.27. The van der Waals surface area contributed by atoms with Crippen molar-refractivity contribution in [2.75, 3.05) is 14.2 Å². The number of carbonyl (C=O) groups excluding carboxylic acids is 1. The van der Waals surface area contributed by atoms with Crippen molar-refractivity contribution >= 4 is 28.7 Å². The van der Waals surface area contributed by atoms with Crippen LogP contribution in [0.1, 0.15) is 19.8 Å². The molecule has 1 aromatic heterocycles. The van der Waals surface area contributed by atoms with E-state index in [4.69, 9.17) is 9.72 Å². The number of nitrogens with zero attached hydrogens (tertiary/aromatic N) is 2. The van der Waals surface area contributed by atoms with Crippen molar-refractivity contribution in [3.63, 3.8) is 0 Å². The molecule has 0 fully saturated rings. The second-order valence-electron chi connectivity index (χ2n) is 5.93. The lowest BCUT2D eigenvalue weighted by molar-refractivity contribution is -0.120. The molecule has 5 nitrogen and oxygen atoms in total. The Bertz CT molecular complexity index is 890. The van der Waals surface area contributed by atoms with E-state index in [9.17, 15) is 4.79 Å². The molecule has 0 aliphatic rings. The first-order chi connectivity index (χ1) is 12.7. The van der Waals surface area contributed by atoms with E-state index in [2.05, 4.69) is 16.8 Å². The summed E-state index contributed by atoms with van der Waals surface area (Å²) in [6, 6.07) is 15.9. The lowest BCUT2D eigenvalue weighted by Gasteiger charge is -2.15. The first-order valence-electron chi connectivity index (χ1n) is 8.68. The summed E-state index contributed by atoms with van der Waals surface area (Å²) in [7, 11) is 3.33. The standard InChI is InChI=1S/C20H23N3O2S/c1-4-7-18(19(24)21-2)26-20-22-16-8-5-6-9-17(16)23(20)14-10-12-15(25-3)13-11-14/h5-6,8-13,18H,4,7H2,1-3H3,(H,21,24). The molecule has 0 bridgehead atoms. The zero-order valence-corrected chi connectivity index (χ0v) is 16.0. The van der Waals surface area contributed by atoms with Gasteiger partial charge in [-0.1, -0.05) is 37.2 Å². The SMILES string of the molecule is CCCC(Sc1nc2ccccc2n1-c1ccc(OC)cc1)C(=O)NC. The van der Waals surface area contributed by atoms with Gasteiger partial charge in [0.15, 0.2) is 5.16 Å². The third-order valence-electron chi connectivity index (χ3n) is 4.20. The topological polar surface area (TPSA) is 56.2 Å². The summed E-state index contributed by atoms with van der Waals surface area (Å²) in [5.74, 6) is 0.840. The predicted octanol–water partition coefficient (Wildman–Crippen LogP) is 4.04. The summed E-state index contributed by atoms with van der Waals surface area (Å²) in [6.45, 7) is 2.09. The maximum atomic E-state index is 12.3. The van der Waals surface area contributed by atoms with Gasteiger partial charge in [-0.15, -0.1) is 0 Å². The van der Waals surface area contributed by atoms with Gasteiger partial charge in [0.2, 0.25) is 5.91 Å². The summed E-state index contributed by atoms with van der Waals surface area (Å²) >= 11 is 1.51. The summed E-state index contributed by atoms with van der Waals surface area (Å²) < 4.78 is 7.37. The number of benzene rings is 2. The Morgan fingerprint density at radius 1 is 1.23 bits per heavy atom. The Morgan fingerprint density at radius 3 is 2.62 bits per heavy atom. The molecule has 0 saturated carbocycles. The van der Waals surface area contributed by atoms with E-state index in [0.717, 1.165) is 40.5 Å². The summed E-state index contributed by atoms with van der Waals surface area (Å²) in [4.78, 5) is 17.1. The Kier molecular flexibility index (Phi) is 5.83. The van der Waals surface area contributed by atoms with Crippen LogP contribution in [-0.2, 0) is 4.79 Å². The van der Waals surface area contributed by atoms with Crippen LogP contribution in [0.25, 0.3) is 16.7 Å². The third-order valence-corrected chi connectivity index (χ3v) is 5.42. The van der Waals surface area contributed by atoms with E-state index in [1.807, 2.05) is 48.5 Å². The number of para-hydroxylation sites is 2. The Hall–Kier alpha value is -2.47. The molecule has 1 atom stereocenters. The smallest absolute Gasteiger partial charge is 0.233 e. The minimum absolute atomic E-state index is 0.0326. The zero-order valence-electron chi connectivity index (χ0n) is 15.2. The molecule has 1 amide bonds. The van der Waals surface area contributed by atoms with E-state index in [-0.39, 0.29) is 11.2 Å². The van der Waals surface area contributed by atoms with Crippen molar-refractivity contribution in [3.8, 4) is 11.4 Å². The van der Waals surface area contributed by atoms with Gasteiger partial charge < -0.3 is 10.1 Å². The fraction of sp³-hybridized carbons (Fsp3) is 0.300. The number of hydrogen-bond donors (Lipinski definition) is 1. The highest BCUT2D eigenvalue weighted by Gasteiger charge is 2.22. The number of methoxy groups -OCH3 is 1. The van der Waals surface area contributed by atoms with Gasteiger partial charge in [0.25, 0.3) is 0 Å². The largest absolute Gasteiger partial charge is 0.497 e. The molecule has 3 rings (SSSR count). The van der Waals surface area contributed by atoms with E-state index in [0.29, 0.717) is 0 Å². The van der Waals surface area contributed by atoms with E-state index >= 15 is 0 Å². The number of amides is 1. The number of aromatic nitrogens is 2. The lowest BCUT2D eigenvalue weighted by Crippen LogP contribution is -2.29. The van der Waals surface area contributed by atoms with Gasteiger partial charge in [0.05, 0.1) is 23.4 Å². The number of nitrogens with one attached hydrogen (secondary N) is 1. The molecular formula is C20H23N3O2S. The van der Waals surface area contributed by atoms with E-state index in [1.165, 1.54) is 11.8 Å². The Morgan fingerprint density at radius 2 is 1.96 bits per heavy atom. The van der Waals surface area contributed by atoms with Gasteiger partial charge in [0.1, 0.15) is 5.75 Å². The molecule has 26 heavy (non-hydrogen) atoms. The summed E-state index contributed by atoms with van der Waals surface area (Å²) in [5.41, 5.74) is 2.93. The van der Waals surface area contributed by atoms with Crippen LogP contribution in [0.5, 0.6) is 5.75 Å². The molecule has 1 heterocycles. The number of ether oxygens (including phenoxy) is 1. The van der Waals surface area contributed by atoms with Gasteiger partial charge >= 0.3 is 0 Å². The van der Waals surface area contributed by atoms with Gasteiger partial charge in [-0.3, -0.25) is 9.36 Å². The highest BCUT2D eigenvalue weighted by atomic mass is 32.2. The van der Waals surface area contributed by atoms with Crippen LogP contribution < -0.4 is 10.1 Å². The van der Waals surface area contributed by atoms with Gasteiger partial charge in [0, 0.05) is 12.7 Å². The number of thioether (sulfide) groups is 1. The van der Waals surface area contributed by atoms with Crippen molar-refractivity contribution in [2.24, 2.45) is 0 Å². The molecular weight excluding hydrogens is 346 g/mol. The number of rotatable bonds is 7. The fourth-order valence-corrected chi connectivity index (χ4v) is 4.15. The van der Waals surface area contributed by atoms with Crippen molar-refractivity contribution in [1.82, 2.24) is 14.9 Å². The average Bonchev–Trinajstić information content (AvgIpc) is 3.05. The second-order valence-corrected chi connectivity index (χ2v) is 7.10. The molecule has 3 aromatic rings. The number of carbonyl (C=O) groups is 1. The van der Waals surface area contributed by atoms with Gasteiger partial charge in [-0.2, -0.15) is 0 Å². The molecule has 2 aromatic carbocycles. The first-order valence-corrected chi connectivity index (χ1v) is 9.56. The van der Waals surface area contributed by atoms with Crippen molar-refractivity contribution in [2.45, 2.75) is 30.2 Å². The summed E-state index contributed by atoms with van der Waals surface area (Å²) in [6.07, 6.45) is 1.74. The predicted molar refractivity (Wildman–Crippen MR) is 106 cm³/mol. The average molecular weight is 369 g/mol. The van der Waals surface area contributed by atoms with Crippen LogP contribution in [-0.4, -0.2) is 34.9 Å². The fourth-order valence-electron chi connectivity index (χ4n) is 2.86. The highest BCUT2D eigenvalue weighted by molar-refractivity contribution is 8.00. The molecule has 0 saturated heterocycles. The maximum absolute atomic E-state index is 12.3. The number of hydrogen-bond acceptors (Lipinski definition) is 4. The highest BCUT2D eigenvalue weighted by Crippen LogP contribution is 2.32. The maximum Gasteiger partial charge on any atom is 0.233 e. The van der Waals surface area contributed by atoms with Crippen LogP contribution >= 0.6 is 11.8 Å². The summed E-state index contributed by atoms with van der Waals surface area (Å²) in [5, 5.41) is 3.42. The number of imidazole rings is 1. The lowest BCUT2D eigenvalue weighted by atomic mass is 10.2. The van der Waals surface area contributed by atoms with Crippen LogP contribution in [0.3, 0.4) is 0 Å². The normalized spacial score (nSPS) is 12.1. The quantitative estimate of drug-likeness (QED) is 0.639. The van der Waals surface area contributed by atoms with Crippen LogP contribution in [0, 0.1) is 0 Å². The molecule has 0 aliphatic heterocycles. The third kappa shape index (κ3) is 3.70. The van der Waals surface area contributed by atoms with Crippen LogP contribution in [0.15, 0.2) is 53.7 Å². The molecule has 136 valence electrons. The van der Waals surface area contributed by atoms with Crippen LogP contribution in [0.4, 0.5) is 0 Å². The molecule has 0 radical (unpaired) electrons. The minimum atomic E-state index is -0.168. The first kappa shape index (κ1) is 18.3. The van der Waals surface area contributed by atoms with Crippen molar-refractivity contribution in [3.05, 3.63) is 48.5 Å². The van der Waals surface area contributed by atoms with Gasteiger partial charge in [-0.25, -0.2) is 4.98 Å².